The van der Waals surface area contributed by atoms with Crippen LogP contribution in [0.1, 0.15) is 26.5 Å². The summed E-state index contributed by atoms with van der Waals surface area (Å²) >= 11 is 1.17. The number of carbonyl (C=O) groups is 1. The number of thiazole rings is 1. The van der Waals surface area contributed by atoms with Crippen molar-refractivity contribution in [1.29, 1.82) is 0 Å². The van der Waals surface area contributed by atoms with Gasteiger partial charge in [0.2, 0.25) is 0 Å². The van der Waals surface area contributed by atoms with Crippen molar-refractivity contribution in [3.05, 3.63) is 93.1 Å². The van der Waals surface area contributed by atoms with E-state index in [0.29, 0.717) is 34.6 Å². The van der Waals surface area contributed by atoms with Crippen LogP contribution in [0.3, 0.4) is 0 Å². The van der Waals surface area contributed by atoms with Crippen molar-refractivity contribution in [2.24, 2.45) is 7.05 Å². The molecule has 4 rings (SSSR count). The Bertz CT molecular complexity index is 1260. The second-order valence-corrected chi connectivity index (χ2v) is 7.94. The number of benzene rings is 1. The summed E-state index contributed by atoms with van der Waals surface area (Å²) in [6, 6.07) is 12.9. The number of hydrogen-bond donors (Lipinski definition) is 1. The van der Waals surface area contributed by atoms with Gasteiger partial charge in [0, 0.05) is 37.6 Å². The van der Waals surface area contributed by atoms with E-state index < -0.39 is 0 Å². The Kier molecular flexibility index (Phi) is 5.94. The molecule has 8 nitrogen and oxygen atoms in total. The van der Waals surface area contributed by atoms with Crippen LogP contribution in [0.5, 0.6) is 5.75 Å². The number of nitrogens with zero attached hydrogens (tertiary/aromatic N) is 4. The number of pyridine rings is 1. The summed E-state index contributed by atoms with van der Waals surface area (Å²) in [4.78, 5) is 30.0. The van der Waals surface area contributed by atoms with Gasteiger partial charge in [-0.15, -0.1) is 0 Å². The molecular weight excluding hydrogens is 414 g/mol. The number of aryl methyl sites for hydroxylation is 2. The minimum Gasteiger partial charge on any atom is -0.489 e. The van der Waals surface area contributed by atoms with Crippen molar-refractivity contribution in [3.63, 3.8) is 0 Å². The summed E-state index contributed by atoms with van der Waals surface area (Å²) in [5.74, 6) is 0.244. The molecule has 1 N–H and O–H groups in total. The molecule has 0 radical (unpaired) electrons. The molecule has 0 saturated carbocycles. The fourth-order valence-corrected chi connectivity index (χ4v) is 3.94. The second-order valence-electron chi connectivity index (χ2n) is 6.96. The molecule has 158 valence electrons. The highest BCUT2D eigenvalue weighted by Crippen LogP contribution is 2.21. The molecule has 1 amide bonds. The molecule has 0 aliphatic carbocycles. The summed E-state index contributed by atoms with van der Waals surface area (Å²) in [5, 5.41) is 7.38. The molecule has 1 aromatic carbocycles. The van der Waals surface area contributed by atoms with E-state index >= 15 is 0 Å². The zero-order chi connectivity index (χ0) is 21.8. The minimum absolute atomic E-state index is 0.235. The quantitative estimate of drug-likeness (QED) is 0.482. The topological polar surface area (TPSA) is 91.0 Å². The molecule has 0 aliphatic heterocycles. The maximum absolute atomic E-state index is 12.6. The number of rotatable bonds is 7. The zero-order valence-corrected chi connectivity index (χ0v) is 17.9. The molecule has 0 saturated heterocycles. The van der Waals surface area contributed by atoms with E-state index in [1.807, 2.05) is 43.6 Å². The van der Waals surface area contributed by atoms with Gasteiger partial charge in [-0.3, -0.25) is 18.8 Å². The highest BCUT2D eigenvalue weighted by Gasteiger charge is 2.17. The summed E-state index contributed by atoms with van der Waals surface area (Å²) in [7, 11) is 1.82. The first-order valence-corrected chi connectivity index (χ1v) is 10.4. The van der Waals surface area contributed by atoms with Gasteiger partial charge in [-0.2, -0.15) is 5.10 Å². The van der Waals surface area contributed by atoms with Crippen LogP contribution in [0.4, 0.5) is 0 Å². The van der Waals surface area contributed by atoms with E-state index in [-0.39, 0.29) is 11.5 Å². The van der Waals surface area contributed by atoms with Crippen molar-refractivity contribution in [2.45, 2.75) is 20.1 Å². The average Bonchev–Trinajstić information content (AvgIpc) is 3.36. The van der Waals surface area contributed by atoms with Gasteiger partial charge in [0.05, 0.1) is 11.9 Å². The van der Waals surface area contributed by atoms with Gasteiger partial charge >= 0.3 is 0 Å². The van der Waals surface area contributed by atoms with Crippen molar-refractivity contribution in [3.8, 4) is 10.9 Å². The molecule has 0 bridgehead atoms. The first-order valence-electron chi connectivity index (χ1n) is 9.62. The smallest absolute Gasteiger partial charge is 0.263 e. The average molecular weight is 436 g/mol. The first kappa shape index (κ1) is 20.5. The van der Waals surface area contributed by atoms with Gasteiger partial charge in [-0.25, -0.2) is 4.98 Å². The molecule has 0 unspecified atom stereocenters. The van der Waals surface area contributed by atoms with E-state index in [9.17, 15) is 9.59 Å². The molecule has 3 heterocycles. The lowest BCUT2D eigenvalue weighted by Gasteiger charge is -2.07. The minimum atomic E-state index is -0.276. The van der Waals surface area contributed by atoms with Gasteiger partial charge in [0.1, 0.15) is 17.2 Å². The van der Waals surface area contributed by atoms with Gasteiger partial charge in [-0.05, 0) is 18.6 Å². The Morgan fingerprint density at radius 1 is 1.19 bits per heavy atom. The monoisotopic (exact) mass is 435 g/mol. The number of nitrogens with one attached hydrogen (secondary N) is 1. The molecular formula is C22H21N5O3S. The summed E-state index contributed by atoms with van der Waals surface area (Å²) in [6.07, 6.45) is 5.15. The van der Waals surface area contributed by atoms with Crippen molar-refractivity contribution in [2.75, 3.05) is 0 Å². The van der Waals surface area contributed by atoms with Crippen LogP contribution in [-0.4, -0.2) is 25.2 Å². The number of carbonyl (C=O) groups excluding carboxylic acids is 1. The van der Waals surface area contributed by atoms with Crippen LogP contribution < -0.4 is 15.6 Å². The first-order chi connectivity index (χ1) is 15.0. The van der Waals surface area contributed by atoms with Crippen LogP contribution in [0.15, 0.2) is 65.8 Å². The molecule has 4 aromatic rings. The fourth-order valence-electron chi connectivity index (χ4n) is 2.97. The third-order valence-electron chi connectivity index (χ3n) is 4.55. The SMILES string of the molecule is Cc1nc(-n2ccc(OCc3ccccc3)cc2=O)sc1C(=O)NCc1cnn(C)c1. The third kappa shape index (κ3) is 4.89. The maximum Gasteiger partial charge on any atom is 0.263 e. The largest absolute Gasteiger partial charge is 0.489 e. The molecule has 0 fully saturated rings. The molecule has 3 aromatic heterocycles. The van der Waals surface area contributed by atoms with Crippen LogP contribution in [0.25, 0.3) is 5.13 Å². The Morgan fingerprint density at radius 2 is 2.00 bits per heavy atom. The number of aromatic nitrogens is 4. The van der Waals surface area contributed by atoms with E-state index in [2.05, 4.69) is 15.4 Å². The third-order valence-corrected chi connectivity index (χ3v) is 5.70. The molecule has 9 heteroatoms. The lowest BCUT2D eigenvalue weighted by molar-refractivity contribution is 0.0954. The van der Waals surface area contributed by atoms with Crippen LogP contribution in [-0.2, 0) is 20.2 Å². The van der Waals surface area contributed by atoms with E-state index in [4.69, 9.17) is 4.74 Å². The fraction of sp³-hybridized carbons (Fsp3) is 0.182. The van der Waals surface area contributed by atoms with Gasteiger partial charge < -0.3 is 10.1 Å². The number of hydrogen-bond acceptors (Lipinski definition) is 6. The van der Waals surface area contributed by atoms with Crippen molar-refractivity contribution in [1.82, 2.24) is 24.6 Å². The lowest BCUT2D eigenvalue weighted by atomic mass is 10.2. The summed E-state index contributed by atoms with van der Waals surface area (Å²) < 4.78 is 8.79. The van der Waals surface area contributed by atoms with E-state index in [1.54, 1.807) is 30.1 Å². The predicted molar refractivity (Wildman–Crippen MR) is 118 cm³/mol. The van der Waals surface area contributed by atoms with Crippen LogP contribution in [0.2, 0.25) is 0 Å². The van der Waals surface area contributed by atoms with Crippen molar-refractivity contribution >= 4 is 17.2 Å². The number of ether oxygens (including phenoxy) is 1. The van der Waals surface area contributed by atoms with Gasteiger partial charge in [0.25, 0.3) is 11.5 Å². The van der Waals surface area contributed by atoms with Crippen molar-refractivity contribution < 1.29 is 9.53 Å². The highest BCUT2D eigenvalue weighted by molar-refractivity contribution is 7.16. The summed E-state index contributed by atoms with van der Waals surface area (Å²) in [6.45, 7) is 2.50. The lowest BCUT2D eigenvalue weighted by Crippen LogP contribution is -2.22. The normalized spacial score (nSPS) is 10.8. The Hall–Kier alpha value is -3.72. The van der Waals surface area contributed by atoms with Gasteiger partial charge in [0.15, 0.2) is 5.13 Å². The molecule has 0 spiro atoms. The predicted octanol–water partition coefficient (Wildman–Crippen LogP) is 2.84. The molecule has 0 atom stereocenters. The van der Waals surface area contributed by atoms with Gasteiger partial charge in [-0.1, -0.05) is 41.7 Å². The number of amides is 1. The van der Waals surface area contributed by atoms with Crippen LogP contribution >= 0.6 is 11.3 Å². The maximum atomic E-state index is 12.6. The van der Waals surface area contributed by atoms with E-state index in [0.717, 1.165) is 11.1 Å². The highest BCUT2D eigenvalue weighted by atomic mass is 32.1. The molecule has 0 aliphatic rings. The Balaban J connectivity index is 1.45. The summed E-state index contributed by atoms with van der Waals surface area (Å²) in [5.41, 5.74) is 2.21. The Morgan fingerprint density at radius 3 is 2.71 bits per heavy atom. The van der Waals surface area contributed by atoms with Crippen LogP contribution in [0, 0.1) is 6.92 Å². The Labute approximate surface area is 182 Å². The van der Waals surface area contributed by atoms with E-state index in [1.165, 1.54) is 22.0 Å². The standard InChI is InChI=1S/C22H21N5O3S/c1-15-20(21(29)23-11-17-12-24-26(2)13-17)31-22(25-15)27-9-8-18(10-19(27)28)30-14-16-6-4-3-5-7-16/h3-10,12-13H,11,14H2,1-2H3,(H,23,29). The second kappa shape index (κ2) is 8.97. The zero-order valence-electron chi connectivity index (χ0n) is 17.1. The molecule has 31 heavy (non-hydrogen) atoms.